The molecule has 3 aliphatic rings. The Morgan fingerprint density at radius 3 is 2.17 bits per heavy atom. The summed E-state index contributed by atoms with van der Waals surface area (Å²) >= 11 is 0. The van der Waals surface area contributed by atoms with E-state index < -0.39 is 0 Å². The lowest BCUT2D eigenvalue weighted by atomic mass is 9.97. The van der Waals surface area contributed by atoms with Crippen molar-refractivity contribution in [2.75, 3.05) is 147 Å². The maximum atomic E-state index is 8.94. The van der Waals surface area contributed by atoms with Crippen LogP contribution in [0.5, 0.6) is 0 Å². The average Bonchev–Trinajstić information content (AvgIpc) is 3.68. The second-order valence-corrected chi connectivity index (χ2v) is 18.5. The van der Waals surface area contributed by atoms with Crippen LogP contribution in [0.4, 0.5) is 0 Å². The number of morpholine rings is 1. The Morgan fingerprint density at radius 2 is 1.52 bits per heavy atom. The standard InChI is InChI=1S/C43H90N13O2/c1-10-13-21-38(23-31-55(8)32-34-58-35-33-55)36-52(6)40(44)47-42(46)53-26-19-22-39(53)37-56(11-2,12-3)30-20-25-50(4)41(45)48-43(49-57-9)51(5)24-15-18-29-54(7)27-16-14-17-28-54/h38-39H,10-37H2,1-9H3,(H3,44,46,47)(H2,45,48,49)/q+3. The molecule has 5 N–H and O–H groups in total. The van der Waals surface area contributed by atoms with Crippen LogP contribution in [0.15, 0.2) is 15.1 Å². The summed E-state index contributed by atoms with van der Waals surface area (Å²) in [7, 11) is 12.4. The van der Waals surface area contributed by atoms with Crippen molar-refractivity contribution in [2.45, 2.75) is 104 Å². The molecule has 2 atom stereocenters. The zero-order valence-corrected chi connectivity index (χ0v) is 38.9. The molecule has 3 rings (SSSR count). The minimum atomic E-state index is 0.263. The van der Waals surface area contributed by atoms with Gasteiger partial charge in [0.05, 0.1) is 85.7 Å². The van der Waals surface area contributed by atoms with Gasteiger partial charge < -0.3 is 54.1 Å². The summed E-state index contributed by atoms with van der Waals surface area (Å²) in [5.74, 6) is 2.23. The van der Waals surface area contributed by atoms with Gasteiger partial charge in [-0.25, -0.2) is 0 Å². The number of nitrogens with two attached hydrogens (primary N) is 2. The predicted molar refractivity (Wildman–Crippen MR) is 242 cm³/mol. The molecule has 58 heavy (non-hydrogen) atoms. The van der Waals surface area contributed by atoms with Crippen molar-refractivity contribution in [1.29, 1.82) is 5.41 Å². The molecule has 0 aliphatic carbocycles. The fourth-order valence-corrected chi connectivity index (χ4v) is 9.36. The molecule has 3 aliphatic heterocycles. The minimum absolute atomic E-state index is 0.263. The number of ether oxygens (including phenoxy) is 1. The molecule has 0 saturated carbocycles. The summed E-state index contributed by atoms with van der Waals surface area (Å²) in [6.45, 7) is 23.3. The topological polar surface area (TPSA) is 144 Å². The van der Waals surface area contributed by atoms with Gasteiger partial charge in [-0.15, -0.1) is 0 Å². The van der Waals surface area contributed by atoms with E-state index in [0.717, 1.165) is 126 Å². The fourth-order valence-electron chi connectivity index (χ4n) is 9.36. The van der Waals surface area contributed by atoms with Crippen LogP contribution in [0.3, 0.4) is 0 Å². The fraction of sp³-hybridized carbons (Fsp3) is 0.907. The Morgan fingerprint density at radius 1 is 0.845 bits per heavy atom. The molecule has 3 saturated heterocycles. The van der Waals surface area contributed by atoms with Crippen molar-refractivity contribution in [3.05, 3.63) is 0 Å². The van der Waals surface area contributed by atoms with Gasteiger partial charge in [-0.3, -0.25) is 5.41 Å². The number of nitrogens with one attached hydrogen (secondary N) is 1. The van der Waals surface area contributed by atoms with Crippen LogP contribution in [0, 0.1) is 11.3 Å². The molecule has 15 nitrogen and oxygen atoms in total. The highest BCUT2D eigenvalue weighted by Gasteiger charge is 2.35. The monoisotopic (exact) mass is 821 g/mol. The summed E-state index contributed by atoms with van der Waals surface area (Å²) < 4.78 is 8.92. The van der Waals surface area contributed by atoms with Crippen molar-refractivity contribution in [1.82, 2.24) is 19.6 Å². The molecule has 0 spiro atoms. The van der Waals surface area contributed by atoms with Gasteiger partial charge in [0, 0.05) is 60.2 Å². The number of aliphatic imine (C=N–C) groups is 2. The van der Waals surface area contributed by atoms with Gasteiger partial charge >= 0.3 is 0 Å². The molecule has 2 unspecified atom stereocenters. The highest BCUT2D eigenvalue weighted by molar-refractivity contribution is 5.94. The second kappa shape index (κ2) is 25.0. The molecular weight excluding hydrogens is 731 g/mol. The number of oxime groups is 1. The second-order valence-electron chi connectivity index (χ2n) is 18.5. The number of quaternary nitrogens is 3. The first-order chi connectivity index (χ1) is 27.7. The third-order valence-electron chi connectivity index (χ3n) is 13.9. The lowest BCUT2D eigenvalue weighted by molar-refractivity contribution is -0.926. The smallest absolute Gasteiger partial charge is 0.265 e. The number of unbranched alkanes of at least 4 members (excludes halogenated alkanes) is 2. The van der Waals surface area contributed by atoms with Gasteiger partial charge in [-0.05, 0) is 76.3 Å². The molecule has 0 radical (unpaired) electrons. The van der Waals surface area contributed by atoms with Gasteiger partial charge in [0.25, 0.3) is 5.96 Å². The molecule has 0 bridgehead atoms. The number of hydrogen-bond donors (Lipinski definition) is 3. The lowest BCUT2D eigenvalue weighted by Crippen LogP contribution is -2.57. The van der Waals surface area contributed by atoms with E-state index in [2.05, 4.69) is 49.8 Å². The van der Waals surface area contributed by atoms with Crippen molar-refractivity contribution in [3.63, 3.8) is 0 Å². The number of hydrogen-bond acceptors (Lipinski definition) is 4. The maximum Gasteiger partial charge on any atom is 0.265 e. The summed E-state index contributed by atoms with van der Waals surface area (Å²) in [6.07, 6.45) is 14.3. The lowest BCUT2D eigenvalue weighted by Gasteiger charge is -2.41. The van der Waals surface area contributed by atoms with Crippen LogP contribution >= 0.6 is 0 Å². The summed E-state index contributed by atoms with van der Waals surface area (Å²) in [4.78, 5) is 23.0. The largest absolute Gasteiger partial charge is 0.396 e. The van der Waals surface area contributed by atoms with Crippen molar-refractivity contribution >= 4 is 23.8 Å². The van der Waals surface area contributed by atoms with Gasteiger partial charge in [0.2, 0.25) is 5.96 Å². The van der Waals surface area contributed by atoms with E-state index in [4.69, 9.17) is 36.4 Å². The van der Waals surface area contributed by atoms with Crippen LogP contribution in [0.2, 0.25) is 0 Å². The molecule has 15 heteroatoms. The molecule has 0 aromatic carbocycles. The van der Waals surface area contributed by atoms with Crippen LogP contribution in [0.25, 0.3) is 0 Å². The number of rotatable bonds is 22. The highest BCUT2D eigenvalue weighted by Crippen LogP contribution is 2.23. The Bertz CT molecular complexity index is 1280. The van der Waals surface area contributed by atoms with Crippen LogP contribution in [0.1, 0.15) is 97.8 Å². The van der Waals surface area contributed by atoms with E-state index in [0.29, 0.717) is 29.8 Å². The Balaban J connectivity index is 1.53. The number of piperidine rings is 1. The molecule has 0 aromatic heterocycles. The zero-order valence-electron chi connectivity index (χ0n) is 38.9. The molecule has 0 amide bonds. The Kier molecular flexibility index (Phi) is 21.3. The Labute approximate surface area is 354 Å². The van der Waals surface area contributed by atoms with Crippen molar-refractivity contribution < 1.29 is 23.0 Å². The summed E-state index contributed by atoms with van der Waals surface area (Å²) in [5.41, 5.74) is 13.3. The predicted octanol–water partition coefficient (Wildman–Crippen LogP) is 4.06. The minimum Gasteiger partial charge on any atom is -0.396 e. The average molecular weight is 821 g/mol. The third kappa shape index (κ3) is 16.3. The van der Waals surface area contributed by atoms with Crippen molar-refractivity contribution in [3.8, 4) is 0 Å². The first kappa shape index (κ1) is 49.5. The molecule has 3 fully saturated rings. The number of guanidine groups is 4. The van der Waals surface area contributed by atoms with E-state index in [9.17, 15) is 0 Å². The SMILES string of the molecule is CCCCC(CC[N+]1(C)CCOCC1)CN(C)C(=N)N=C(N)N1CCCC1C[N+](CC)(CC)CCCN(C)C(N)=NC(=NOC)N(C)CCCC[N+]1(C)CCCCC1. The van der Waals surface area contributed by atoms with E-state index in [1.807, 2.05) is 30.9 Å². The molecule has 0 aromatic rings. The first-order valence-electron chi connectivity index (χ1n) is 23.1. The Hall–Kier alpha value is -2.88. The summed E-state index contributed by atoms with van der Waals surface area (Å²) in [5, 5.41) is 13.2. The quantitative estimate of drug-likeness (QED) is 0.0488. The number of nitrogens with zero attached hydrogens (tertiary/aromatic N) is 10. The highest BCUT2D eigenvalue weighted by atomic mass is 16.6. The van der Waals surface area contributed by atoms with Gasteiger partial charge in [-0.2, -0.15) is 9.98 Å². The van der Waals surface area contributed by atoms with Crippen LogP contribution < -0.4 is 11.5 Å². The van der Waals surface area contributed by atoms with E-state index in [-0.39, 0.29) is 5.96 Å². The van der Waals surface area contributed by atoms with Crippen LogP contribution in [-0.2, 0) is 9.57 Å². The molecule has 3 heterocycles. The first-order valence-corrected chi connectivity index (χ1v) is 23.1. The third-order valence-corrected chi connectivity index (χ3v) is 13.9. The van der Waals surface area contributed by atoms with Crippen molar-refractivity contribution in [2.24, 2.45) is 32.5 Å². The maximum absolute atomic E-state index is 8.94. The zero-order chi connectivity index (χ0) is 42.6. The van der Waals surface area contributed by atoms with Gasteiger partial charge in [0.15, 0.2) is 11.9 Å². The normalized spacial score (nSPS) is 20.9. The van der Waals surface area contributed by atoms with Crippen LogP contribution in [-0.4, -0.2) is 210 Å². The number of likely N-dealkylation sites (tertiary alicyclic amines) is 2. The van der Waals surface area contributed by atoms with E-state index >= 15 is 0 Å². The van der Waals surface area contributed by atoms with Gasteiger partial charge in [0.1, 0.15) is 20.2 Å². The van der Waals surface area contributed by atoms with E-state index in [1.165, 1.54) is 69.1 Å². The summed E-state index contributed by atoms with van der Waals surface area (Å²) in [6, 6.07) is 0.300. The molecular formula is C43H90N13O2+3. The van der Waals surface area contributed by atoms with E-state index in [1.54, 1.807) is 7.11 Å². The number of likely N-dealkylation sites (N-methyl/N-ethyl adjacent to an activating group) is 2. The molecule has 336 valence electrons. The van der Waals surface area contributed by atoms with Gasteiger partial charge in [-0.1, -0.05) is 19.8 Å².